The third-order valence-electron chi connectivity index (χ3n) is 3.98. The van der Waals surface area contributed by atoms with Crippen molar-refractivity contribution in [1.82, 2.24) is 19.3 Å². The molecule has 0 bridgehead atoms. The Morgan fingerprint density at radius 3 is 2.78 bits per heavy atom. The predicted molar refractivity (Wildman–Crippen MR) is 72.9 cm³/mol. The topological polar surface area (TPSA) is 35.6 Å². The average molecular weight is 267 g/mol. The molecule has 3 rings (SSSR count). The molecule has 0 amide bonds. The van der Waals surface area contributed by atoms with Crippen LogP contribution in [0.3, 0.4) is 0 Å². The van der Waals surface area contributed by atoms with E-state index in [1.54, 1.807) is 0 Å². The highest BCUT2D eigenvalue weighted by atomic mass is 35.5. The number of fused-ring (bicyclic) bond motifs is 1. The summed E-state index contributed by atoms with van der Waals surface area (Å²) in [7, 11) is 1.99. The number of aromatic nitrogens is 4. The lowest BCUT2D eigenvalue weighted by Crippen LogP contribution is -2.10. The first-order chi connectivity index (χ1) is 8.61. The third-order valence-corrected chi connectivity index (χ3v) is 4.17. The van der Waals surface area contributed by atoms with Gasteiger partial charge in [0.25, 0.3) is 0 Å². The summed E-state index contributed by atoms with van der Waals surface area (Å²) >= 11 is 5.89. The maximum absolute atomic E-state index is 5.89. The molecule has 4 nitrogen and oxygen atoms in total. The van der Waals surface area contributed by atoms with Gasteiger partial charge in [-0.2, -0.15) is 5.10 Å². The van der Waals surface area contributed by atoms with Crippen molar-refractivity contribution in [2.24, 2.45) is 18.9 Å². The van der Waals surface area contributed by atoms with E-state index in [4.69, 9.17) is 16.6 Å². The van der Waals surface area contributed by atoms with Crippen LogP contribution >= 0.6 is 11.6 Å². The molecule has 0 aromatic carbocycles. The summed E-state index contributed by atoms with van der Waals surface area (Å²) in [6.45, 7) is 5.39. The van der Waals surface area contributed by atoms with Gasteiger partial charge in [-0.05, 0) is 25.2 Å². The summed E-state index contributed by atoms with van der Waals surface area (Å²) in [6, 6.07) is 0. The molecule has 18 heavy (non-hydrogen) atoms. The minimum Gasteiger partial charge on any atom is -0.313 e. The van der Waals surface area contributed by atoms with Crippen LogP contribution in [-0.4, -0.2) is 25.2 Å². The minimum atomic E-state index is 0.621. The first-order valence-corrected chi connectivity index (χ1v) is 7.10. The van der Waals surface area contributed by atoms with Crippen molar-refractivity contribution in [3.8, 4) is 0 Å². The van der Waals surface area contributed by atoms with E-state index in [1.807, 2.05) is 18.7 Å². The van der Waals surface area contributed by atoms with Crippen molar-refractivity contribution in [2.75, 3.05) is 5.88 Å². The predicted octanol–water partition coefficient (Wildman–Crippen LogP) is 2.52. The number of hydrogen-bond donors (Lipinski definition) is 0. The number of halogens is 1. The first-order valence-electron chi connectivity index (χ1n) is 6.56. The zero-order chi connectivity index (χ0) is 12.9. The highest BCUT2D eigenvalue weighted by Gasteiger charge is 2.34. The van der Waals surface area contributed by atoms with Gasteiger partial charge in [0.05, 0.1) is 5.69 Å². The van der Waals surface area contributed by atoms with Gasteiger partial charge in [-0.1, -0.05) is 6.92 Å². The van der Waals surface area contributed by atoms with Gasteiger partial charge in [0.1, 0.15) is 11.3 Å². The number of nitrogens with zero attached hydrogens (tertiary/aromatic N) is 4. The van der Waals surface area contributed by atoms with E-state index < -0.39 is 0 Å². The van der Waals surface area contributed by atoms with E-state index >= 15 is 0 Å². The van der Waals surface area contributed by atoms with E-state index in [2.05, 4.69) is 16.6 Å². The summed E-state index contributed by atoms with van der Waals surface area (Å²) in [4.78, 5) is 4.72. The Labute approximate surface area is 112 Å². The number of rotatable bonds is 4. The molecule has 2 atom stereocenters. The Morgan fingerprint density at radius 1 is 1.44 bits per heavy atom. The summed E-state index contributed by atoms with van der Waals surface area (Å²) in [5.41, 5.74) is 3.18. The van der Waals surface area contributed by atoms with Crippen LogP contribution in [0.5, 0.6) is 0 Å². The van der Waals surface area contributed by atoms with Gasteiger partial charge in [-0.15, -0.1) is 11.6 Å². The van der Waals surface area contributed by atoms with Gasteiger partial charge in [0.15, 0.2) is 5.65 Å². The summed E-state index contributed by atoms with van der Waals surface area (Å²) in [5.74, 6) is 3.37. The van der Waals surface area contributed by atoms with E-state index in [-0.39, 0.29) is 0 Å². The summed E-state index contributed by atoms with van der Waals surface area (Å²) in [5, 5.41) is 4.46. The molecule has 2 aromatic heterocycles. The zero-order valence-electron chi connectivity index (χ0n) is 11.1. The maximum Gasteiger partial charge on any atom is 0.158 e. The maximum atomic E-state index is 5.89. The van der Waals surface area contributed by atoms with E-state index in [0.717, 1.165) is 47.5 Å². The van der Waals surface area contributed by atoms with Crippen LogP contribution in [0.25, 0.3) is 11.2 Å². The second-order valence-electron chi connectivity index (χ2n) is 5.43. The fourth-order valence-electron chi connectivity index (χ4n) is 2.74. The molecule has 2 aromatic rings. The minimum absolute atomic E-state index is 0.621. The molecule has 1 aliphatic carbocycles. The molecule has 2 unspecified atom stereocenters. The Morgan fingerprint density at radius 2 is 2.17 bits per heavy atom. The molecule has 2 heterocycles. The molecule has 5 heteroatoms. The molecule has 1 fully saturated rings. The van der Waals surface area contributed by atoms with Crippen LogP contribution in [0.1, 0.15) is 24.9 Å². The van der Waals surface area contributed by atoms with Crippen molar-refractivity contribution in [3.05, 3.63) is 11.5 Å². The molecule has 1 saturated carbocycles. The number of imidazole rings is 1. The first kappa shape index (κ1) is 12.0. The van der Waals surface area contributed by atoms with Crippen LogP contribution < -0.4 is 0 Å². The van der Waals surface area contributed by atoms with E-state index in [9.17, 15) is 0 Å². The van der Waals surface area contributed by atoms with Crippen molar-refractivity contribution < 1.29 is 0 Å². The molecule has 0 saturated heterocycles. The largest absolute Gasteiger partial charge is 0.313 e. The second-order valence-corrected chi connectivity index (χ2v) is 5.81. The van der Waals surface area contributed by atoms with Crippen molar-refractivity contribution in [2.45, 2.75) is 33.2 Å². The molecule has 0 radical (unpaired) electrons. The third kappa shape index (κ3) is 1.83. The molecule has 0 N–H and O–H groups in total. The lowest BCUT2D eigenvalue weighted by Gasteiger charge is -2.08. The van der Waals surface area contributed by atoms with Gasteiger partial charge in [0, 0.05) is 25.9 Å². The highest BCUT2D eigenvalue weighted by Crippen LogP contribution is 2.40. The monoisotopic (exact) mass is 266 g/mol. The molecule has 98 valence electrons. The Kier molecular flexibility index (Phi) is 2.85. The summed E-state index contributed by atoms with van der Waals surface area (Å²) < 4.78 is 4.27. The van der Waals surface area contributed by atoms with Crippen LogP contribution in [0, 0.1) is 18.8 Å². The van der Waals surface area contributed by atoms with Gasteiger partial charge >= 0.3 is 0 Å². The molecule has 0 spiro atoms. The van der Waals surface area contributed by atoms with Gasteiger partial charge < -0.3 is 4.57 Å². The molecular weight excluding hydrogens is 248 g/mol. The van der Waals surface area contributed by atoms with Gasteiger partial charge in [0.2, 0.25) is 0 Å². The van der Waals surface area contributed by atoms with Crippen molar-refractivity contribution in [1.29, 1.82) is 0 Å². The average Bonchev–Trinajstić information content (AvgIpc) is 2.77. The van der Waals surface area contributed by atoms with Crippen molar-refractivity contribution >= 4 is 22.8 Å². The van der Waals surface area contributed by atoms with Gasteiger partial charge in [-0.3, -0.25) is 4.68 Å². The smallest absolute Gasteiger partial charge is 0.158 e. The number of aryl methyl sites for hydroxylation is 3. The van der Waals surface area contributed by atoms with Gasteiger partial charge in [-0.25, -0.2) is 4.98 Å². The van der Waals surface area contributed by atoms with Crippen molar-refractivity contribution in [3.63, 3.8) is 0 Å². The van der Waals surface area contributed by atoms with E-state index in [1.165, 1.54) is 6.42 Å². The fraction of sp³-hybridized carbons (Fsp3) is 0.692. The molecule has 0 aliphatic heterocycles. The Bertz CT molecular complexity index is 583. The van der Waals surface area contributed by atoms with E-state index in [0.29, 0.717) is 5.88 Å². The quantitative estimate of drug-likeness (QED) is 0.797. The SMILES string of the molecule is Cc1nn(C)c2c1nc(CCCl)n2CC1CC1C. The molecular formula is C13H19ClN4. The molecule has 1 aliphatic rings. The second kappa shape index (κ2) is 4.26. The van der Waals surface area contributed by atoms with Crippen LogP contribution in [0.2, 0.25) is 0 Å². The lowest BCUT2D eigenvalue weighted by atomic mass is 10.3. The fourth-order valence-corrected chi connectivity index (χ4v) is 2.90. The Hall–Kier alpha value is -1.03. The zero-order valence-corrected chi connectivity index (χ0v) is 11.9. The highest BCUT2D eigenvalue weighted by molar-refractivity contribution is 6.17. The standard InChI is InChI=1S/C13H19ClN4/c1-8-6-10(8)7-18-11(4-5-14)15-12-9(2)16-17(3)13(12)18/h8,10H,4-7H2,1-3H3. The Balaban J connectivity index is 2.08. The number of hydrogen-bond acceptors (Lipinski definition) is 2. The normalized spacial score (nSPS) is 22.9. The van der Waals surface area contributed by atoms with Crippen LogP contribution in [0.4, 0.5) is 0 Å². The van der Waals surface area contributed by atoms with Crippen LogP contribution in [0.15, 0.2) is 0 Å². The lowest BCUT2D eigenvalue weighted by molar-refractivity contribution is 0.570. The number of alkyl halides is 1. The summed E-state index contributed by atoms with van der Waals surface area (Å²) in [6.07, 6.45) is 2.16. The van der Waals surface area contributed by atoms with Crippen LogP contribution in [-0.2, 0) is 20.0 Å².